The Hall–Kier alpha value is -2.75. The molecular weight excluding hydrogens is 452 g/mol. The Morgan fingerprint density at radius 2 is 1.82 bits per heavy atom. The van der Waals surface area contributed by atoms with Gasteiger partial charge in [-0.1, -0.05) is 12.1 Å². The van der Waals surface area contributed by atoms with Crippen LogP contribution in [0.25, 0.3) is 22.2 Å². The molecule has 34 heavy (non-hydrogen) atoms. The third-order valence-corrected chi connectivity index (χ3v) is 7.50. The summed E-state index contributed by atoms with van der Waals surface area (Å²) in [6.45, 7) is 9.71. The topological polar surface area (TPSA) is 98.8 Å². The summed E-state index contributed by atoms with van der Waals surface area (Å²) in [6.07, 6.45) is 0.967. The molecule has 0 atom stereocenters. The van der Waals surface area contributed by atoms with Crippen molar-refractivity contribution >= 4 is 32.3 Å². The van der Waals surface area contributed by atoms with Crippen LogP contribution < -0.4 is 15.2 Å². The molecule has 0 saturated carbocycles. The number of aromatic nitrogens is 1. The molecule has 0 aliphatic carbocycles. The largest absolute Gasteiger partial charge is 0.493 e. The minimum atomic E-state index is -3.31. The molecule has 8 nitrogen and oxygen atoms in total. The van der Waals surface area contributed by atoms with Crippen LogP contribution in [-0.2, 0) is 21.3 Å². The van der Waals surface area contributed by atoms with Crippen LogP contribution in [0.2, 0.25) is 0 Å². The number of hydrogen-bond acceptors (Lipinski definition) is 6. The average Bonchev–Trinajstić information content (AvgIpc) is 3.13. The van der Waals surface area contributed by atoms with Crippen molar-refractivity contribution in [1.82, 2.24) is 9.47 Å². The van der Waals surface area contributed by atoms with Gasteiger partial charge in [0, 0.05) is 48.9 Å². The number of nitrogen functional groups attached to an aromatic ring is 1. The quantitative estimate of drug-likeness (QED) is 0.423. The number of morpholine rings is 1. The zero-order chi connectivity index (χ0) is 24.1. The average molecular weight is 487 g/mol. The zero-order valence-electron chi connectivity index (χ0n) is 19.9. The van der Waals surface area contributed by atoms with Gasteiger partial charge in [0.25, 0.3) is 0 Å². The van der Waals surface area contributed by atoms with E-state index in [2.05, 4.69) is 27.2 Å². The molecule has 9 heteroatoms. The predicted octanol–water partition coefficient (Wildman–Crippen LogP) is 3.77. The van der Waals surface area contributed by atoms with E-state index in [1.807, 2.05) is 24.3 Å². The van der Waals surface area contributed by atoms with Gasteiger partial charge in [-0.3, -0.25) is 9.62 Å². The molecule has 3 N–H and O–H groups in total. The third-order valence-electron chi connectivity index (χ3n) is 6.19. The number of hydrogen-bond donors (Lipinski definition) is 2. The van der Waals surface area contributed by atoms with Gasteiger partial charge in [-0.15, -0.1) is 0 Å². The monoisotopic (exact) mass is 486 g/mol. The molecule has 0 unspecified atom stereocenters. The van der Waals surface area contributed by atoms with Crippen molar-refractivity contribution in [1.29, 1.82) is 0 Å². The number of nitrogens with zero attached hydrogens (tertiary/aromatic N) is 2. The van der Waals surface area contributed by atoms with E-state index in [1.54, 1.807) is 19.1 Å². The first kappa shape index (κ1) is 24.4. The Morgan fingerprint density at radius 1 is 1.09 bits per heavy atom. The van der Waals surface area contributed by atoms with E-state index in [9.17, 15) is 8.42 Å². The van der Waals surface area contributed by atoms with Gasteiger partial charge in [0.05, 0.1) is 42.5 Å². The molecule has 0 bridgehead atoms. The van der Waals surface area contributed by atoms with Crippen LogP contribution in [0.3, 0.4) is 0 Å². The minimum absolute atomic E-state index is 0.0311. The first-order chi connectivity index (χ1) is 16.4. The van der Waals surface area contributed by atoms with Crippen LogP contribution >= 0.6 is 0 Å². The standard InChI is InChI=1S/C25H34N4O4S/c1-3-29-23-18-21(33-15-5-12-28-13-16-32-17-14-28)10-11-22(23)24(26)25(29)19-6-8-20(9-7-19)27-34(30,31)4-2/h6-11,18,27H,3-5,12-17,26H2,1-2H3. The van der Waals surface area contributed by atoms with E-state index in [4.69, 9.17) is 15.2 Å². The molecule has 1 aliphatic heterocycles. The van der Waals surface area contributed by atoms with Crippen LogP contribution in [0.5, 0.6) is 5.75 Å². The van der Waals surface area contributed by atoms with Crippen LogP contribution in [0.4, 0.5) is 11.4 Å². The maximum atomic E-state index is 11.8. The number of nitrogens with one attached hydrogen (secondary N) is 1. The third kappa shape index (κ3) is 5.48. The maximum Gasteiger partial charge on any atom is 0.232 e. The van der Waals surface area contributed by atoms with Gasteiger partial charge in [-0.05, 0) is 44.5 Å². The van der Waals surface area contributed by atoms with Gasteiger partial charge < -0.3 is 19.8 Å². The van der Waals surface area contributed by atoms with Crippen LogP contribution in [0.15, 0.2) is 42.5 Å². The Labute approximate surface area is 201 Å². The van der Waals surface area contributed by atoms with Crippen molar-refractivity contribution < 1.29 is 17.9 Å². The second-order valence-electron chi connectivity index (χ2n) is 8.42. The first-order valence-corrected chi connectivity index (χ1v) is 13.5. The normalized spacial score (nSPS) is 15.0. The molecule has 1 aliphatic rings. The molecular formula is C25H34N4O4S. The smallest absolute Gasteiger partial charge is 0.232 e. The van der Waals surface area contributed by atoms with E-state index >= 15 is 0 Å². The summed E-state index contributed by atoms with van der Waals surface area (Å²) in [5.41, 5.74) is 10.7. The summed E-state index contributed by atoms with van der Waals surface area (Å²) >= 11 is 0. The minimum Gasteiger partial charge on any atom is -0.493 e. The van der Waals surface area contributed by atoms with Crippen molar-refractivity contribution in [3.05, 3.63) is 42.5 Å². The van der Waals surface area contributed by atoms with Crippen LogP contribution in [0.1, 0.15) is 20.3 Å². The molecule has 1 saturated heterocycles. The molecule has 2 aromatic carbocycles. The van der Waals surface area contributed by atoms with E-state index < -0.39 is 10.0 Å². The summed E-state index contributed by atoms with van der Waals surface area (Å²) in [6, 6.07) is 13.4. The Morgan fingerprint density at radius 3 is 2.50 bits per heavy atom. The number of aryl methyl sites for hydroxylation is 1. The lowest BCUT2D eigenvalue weighted by atomic mass is 10.1. The fraction of sp³-hybridized carbons (Fsp3) is 0.440. The molecule has 4 rings (SSSR count). The van der Waals surface area contributed by atoms with Gasteiger partial charge in [0.1, 0.15) is 5.75 Å². The predicted molar refractivity (Wildman–Crippen MR) is 138 cm³/mol. The van der Waals surface area contributed by atoms with E-state index in [0.29, 0.717) is 18.0 Å². The molecule has 184 valence electrons. The molecule has 1 fully saturated rings. The van der Waals surface area contributed by atoms with Gasteiger partial charge in [0.2, 0.25) is 10.0 Å². The van der Waals surface area contributed by atoms with Crippen molar-refractivity contribution in [2.45, 2.75) is 26.8 Å². The number of rotatable bonds is 10. The second kappa shape index (κ2) is 10.7. The maximum absolute atomic E-state index is 11.8. The molecule has 3 aromatic rings. The zero-order valence-corrected chi connectivity index (χ0v) is 20.7. The van der Waals surface area contributed by atoms with Gasteiger partial charge in [-0.25, -0.2) is 8.42 Å². The lowest BCUT2D eigenvalue weighted by molar-refractivity contribution is 0.0358. The fourth-order valence-corrected chi connectivity index (χ4v) is 4.98. The highest BCUT2D eigenvalue weighted by molar-refractivity contribution is 7.92. The van der Waals surface area contributed by atoms with E-state index in [-0.39, 0.29) is 5.75 Å². The number of ether oxygens (including phenoxy) is 2. The summed E-state index contributed by atoms with van der Waals surface area (Å²) in [5, 5.41) is 0.980. The van der Waals surface area contributed by atoms with Crippen molar-refractivity contribution in [2.75, 3.05) is 55.7 Å². The SMILES string of the molecule is CCn1c(-c2ccc(NS(=O)(=O)CC)cc2)c(N)c2ccc(OCCCN3CCOCC3)cc21. The lowest BCUT2D eigenvalue weighted by Crippen LogP contribution is -2.37. The van der Waals surface area contributed by atoms with Gasteiger partial charge >= 0.3 is 0 Å². The van der Waals surface area contributed by atoms with E-state index in [0.717, 1.165) is 73.7 Å². The number of benzene rings is 2. The number of nitrogens with two attached hydrogens (primary N) is 1. The Balaban J connectivity index is 1.51. The highest BCUT2D eigenvalue weighted by Crippen LogP contribution is 2.38. The van der Waals surface area contributed by atoms with Crippen LogP contribution in [-0.4, -0.2) is 63.1 Å². The van der Waals surface area contributed by atoms with Crippen molar-refractivity contribution in [3.63, 3.8) is 0 Å². The van der Waals surface area contributed by atoms with E-state index in [1.165, 1.54) is 0 Å². The summed E-state index contributed by atoms with van der Waals surface area (Å²) in [4.78, 5) is 2.41. The molecule has 0 amide bonds. The van der Waals surface area contributed by atoms with Gasteiger partial charge in [0.15, 0.2) is 0 Å². The number of fused-ring (bicyclic) bond motifs is 1. The Kier molecular flexibility index (Phi) is 7.65. The lowest BCUT2D eigenvalue weighted by Gasteiger charge is -2.26. The molecule has 1 aromatic heterocycles. The fourth-order valence-electron chi connectivity index (χ4n) is 4.34. The highest BCUT2D eigenvalue weighted by atomic mass is 32.2. The molecule has 2 heterocycles. The number of anilines is 2. The Bertz CT molecular complexity index is 1220. The number of sulfonamides is 1. The summed E-state index contributed by atoms with van der Waals surface area (Å²) < 4.78 is 39.9. The first-order valence-electron chi connectivity index (χ1n) is 11.9. The summed E-state index contributed by atoms with van der Waals surface area (Å²) in [7, 11) is -3.31. The second-order valence-corrected chi connectivity index (χ2v) is 10.4. The summed E-state index contributed by atoms with van der Waals surface area (Å²) in [5.74, 6) is 0.862. The van der Waals surface area contributed by atoms with Crippen molar-refractivity contribution in [3.8, 4) is 17.0 Å². The molecule has 0 radical (unpaired) electrons. The van der Waals surface area contributed by atoms with Crippen LogP contribution in [0, 0.1) is 0 Å². The van der Waals surface area contributed by atoms with Crippen molar-refractivity contribution in [2.24, 2.45) is 0 Å². The van der Waals surface area contributed by atoms with Gasteiger partial charge in [-0.2, -0.15) is 0 Å². The highest BCUT2D eigenvalue weighted by Gasteiger charge is 2.17. The molecule has 0 spiro atoms.